The first-order valence-electron chi connectivity index (χ1n) is 9.12. The zero-order valence-corrected chi connectivity index (χ0v) is 18.6. The Hall–Kier alpha value is -2.63. The third-order valence-corrected chi connectivity index (χ3v) is 5.44. The van der Waals surface area contributed by atoms with E-state index in [1.54, 1.807) is 24.3 Å². The molecule has 0 aliphatic carbocycles. The summed E-state index contributed by atoms with van der Waals surface area (Å²) in [7, 11) is 0. The second-order valence-electron chi connectivity index (χ2n) is 6.79. The van der Waals surface area contributed by atoms with Gasteiger partial charge >= 0.3 is 0 Å². The highest BCUT2D eigenvalue weighted by molar-refractivity contribution is 6.33. The van der Waals surface area contributed by atoms with E-state index < -0.39 is 0 Å². The second kappa shape index (κ2) is 8.13. The minimum absolute atomic E-state index is 0.298. The first kappa shape index (κ1) is 20.3. The molecule has 31 heavy (non-hydrogen) atoms. The van der Waals surface area contributed by atoms with Crippen LogP contribution in [0.15, 0.2) is 71.1 Å². The van der Waals surface area contributed by atoms with Gasteiger partial charge in [-0.25, -0.2) is 15.0 Å². The van der Waals surface area contributed by atoms with Gasteiger partial charge in [-0.2, -0.15) is 0 Å². The van der Waals surface area contributed by atoms with E-state index in [-0.39, 0.29) is 0 Å². The van der Waals surface area contributed by atoms with Crippen LogP contribution in [-0.4, -0.2) is 15.0 Å². The maximum absolute atomic E-state index is 6.14. The van der Waals surface area contributed by atoms with Crippen molar-refractivity contribution in [2.45, 2.75) is 0 Å². The molecule has 0 unspecified atom stereocenters. The molecule has 152 valence electrons. The van der Waals surface area contributed by atoms with Gasteiger partial charge in [0, 0.05) is 5.56 Å². The molecule has 8 heteroatoms. The standard InChI is InChI=1S/C23H11Cl4N3O/c24-19-8-14(9-20(25)29-19)12-5-13(15-10-21(26)30-22(27)11-15)7-16(6-12)23-28-17-3-1-2-4-18(17)31-23/h1-11H. The van der Waals surface area contributed by atoms with Crippen molar-refractivity contribution < 1.29 is 4.42 Å². The third kappa shape index (κ3) is 4.25. The molecule has 0 radical (unpaired) electrons. The van der Waals surface area contributed by atoms with Crippen molar-refractivity contribution in [3.8, 4) is 33.7 Å². The third-order valence-electron chi connectivity index (χ3n) is 4.67. The van der Waals surface area contributed by atoms with Crippen molar-refractivity contribution in [3.63, 3.8) is 0 Å². The molecule has 0 spiro atoms. The lowest BCUT2D eigenvalue weighted by molar-refractivity contribution is 0.620. The Morgan fingerprint density at radius 3 is 1.48 bits per heavy atom. The molecule has 0 aliphatic heterocycles. The van der Waals surface area contributed by atoms with E-state index in [9.17, 15) is 0 Å². The summed E-state index contributed by atoms with van der Waals surface area (Å²) in [5.41, 5.74) is 5.56. The predicted octanol–water partition coefficient (Wildman–Crippen LogP) is 8.23. The van der Waals surface area contributed by atoms with Crippen LogP contribution in [0.2, 0.25) is 20.6 Å². The number of rotatable bonds is 3. The summed E-state index contributed by atoms with van der Waals surface area (Å²) in [6.45, 7) is 0. The molecule has 0 bridgehead atoms. The minimum Gasteiger partial charge on any atom is -0.436 e. The Morgan fingerprint density at radius 1 is 0.516 bits per heavy atom. The average Bonchev–Trinajstić information content (AvgIpc) is 3.16. The summed E-state index contributed by atoms with van der Waals surface area (Å²) in [6, 6.07) is 20.5. The van der Waals surface area contributed by atoms with E-state index in [4.69, 9.17) is 50.8 Å². The molecule has 0 aliphatic rings. The number of aromatic nitrogens is 3. The highest BCUT2D eigenvalue weighted by atomic mass is 35.5. The predicted molar refractivity (Wildman–Crippen MR) is 126 cm³/mol. The maximum Gasteiger partial charge on any atom is 0.227 e. The minimum atomic E-state index is 0.298. The van der Waals surface area contributed by atoms with Gasteiger partial charge in [-0.15, -0.1) is 0 Å². The summed E-state index contributed by atoms with van der Waals surface area (Å²) >= 11 is 24.6. The van der Waals surface area contributed by atoms with Crippen molar-refractivity contribution in [2.75, 3.05) is 0 Å². The fraction of sp³-hybridized carbons (Fsp3) is 0. The topological polar surface area (TPSA) is 51.8 Å². The van der Waals surface area contributed by atoms with Crippen molar-refractivity contribution in [2.24, 2.45) is 0 Å². The molecule has 5 rings (SSSR count). The SMILES string of the molecule is Clc1cc(-c2cc(-c3cc(Cl)nc(Cl)c3)cc(-c3nc4ccccc4o3)c2)cc(Cl)n1. The molecule has 0 amide bonds. The molecule has 3 heterocycles. The van der Waals surface area contributed by atoms with Gasteiger partial charge in [0.1, 0.15) is 26.1 Å². The number of halogens is 4. The smallest absolute Gasteiger partial charge is 0.227 e. The number of nitrogens with zero attached hydrogens (tertiary/aromatic N) is 3. The molecule has 4 nitrogen and oxygen atoms in total. The highest BCUT2D eigenvalue weighted by Gasteiger charge is 2.14. The maximum atomic E-state index is 6.14. The van der Waals surface area contributed by atoms with E-state index in [1.165, 1.54) is 0 Å². The molecule has 3 aromatic heterocycles. The number of oxazole rings is 1. The van der Waals surface area contributed by atoms with Crippen LogP contribution in [0, 0.1) is 0 Å². The van der Waals surface area contributed by atoms with Crippen LogP contribution in [0.3, 0.4) is 0 Å². The van der Waals surface area contributed by atoms with E-state index in [0.29, 0.717) is 32.1 Å². The lowest BCUT2D eigenvalue weighted by atomic mass is 9.97. The Labute approximate surface area is 197 Å². The van der Waals surface area contributed by atoms with Crippen molar-refractivity contribution in [1.29, 1.82) is 0 Å². The summed E-state index contributed by atoms with van der Waals surface area (Å²) in [4.78, 5) is 12.7. The Bertz CT molecular complexity index is 1310. The zero-order valence-electron chi connectivity index (χ0n) is 15.6. The van der Waals surface area contributed by atoms with E-state index >= 15 is 0 Å². The quantitative estimate of drug-likeness (QED) is 0.241. The molecular weight excluding hydrogens is 476 g/mol. The van der Waals surface area contributed by atoms with Gasteiger partial charge in [0.05, 0.1) is 0 Å². The monoisotopic (exact) mass is 485 g/mol. The molecular formula is C23H11Cl4N3O. The average molecular weight is 487 g/mol. The van der Waals surface area contributed by atoms with Crippen LogP contribution in [0.4, 0.5) is 0 Å². The summed E-state index contributed by atoms with van der Waals surface area (Å²) < 4.78 is 5.99. The van der Waals surface area contributed by atoms with Crippen LogP contribution in [0.1, 0.15) is 0 Å². The van der Waals surface area contributed by atoms with Crippen LogP contribution in [0.25, 0.3) is 44.8 Å². The summed E-state index contributed by atoms with van der Waals surface area (Å²) in [5, 5.41) is 1.19. The highest BCUT2D eigenvalue weighted by Crippen LogP contribution is 2.36. The zero-order chi connectivity index (χ0) is 21.5. The number of para-hydroxylation sites is 2. The van der Waals surface area contributed by atoms with Gasteiger partial charge in [0.15, 0.2) is 5.58 Å². The van der Waals surface area contributed by atoms with Gasteiger partial charge in [-0.3, -0.25) is 0 Å². The van der Waals surface area contributed by atoms with E-state index in [0.717, 1.165) is 33.3 Å². The number of hydrogen-bond acceptors (Lipinski definition) is 4. The number of benzene rings is 2. The van der Waals surface area contributed by atoms with Gasteiger partial charge in [-0.1, -0.05) is 58.5 Å². The number of hydrogen-bond donors (Lipinski definition) is 0. The summed E-state index contributed by atoms with van der Waals surface area (Å²) in [6.07, 6.45) is 0. The van der Waals surface area contributed by atoms with E-state index in [1.807, 2.05) is 42.5 Å². The normalized spacial score (nSPS) is 11.2. The van der Waals surface area contributed by atoms with Gasteiger partial charge in [-0.05, 0) is 76.9 Å². The van der Waals surface area contributed by atoms with Crippen LogP contribution in [-0.2, 0) is 0 Å². The number of fused-ring (bicyclic) bond motifs is 1. The van der Waals surface area contributed by atoms with E-state index in [2.05, 4.69) is 15.0 Å². The largest absolute Gasteiger partial charge is 0.436 e. The first-order chi connectivity index (χ1) is 14.9. The van der Waals surface area contributed by atoms with Gasteiger partial charge in [0.2, 0.25) is 5.89 Å². The molecule has 0 saturated heterocycles. The lowest BCUT2D eigenvalue weighted by Gasteiger charge is -2.10. The molecule has 0 atom stereocenters. The first-order valence-corrected chi connectivity index (χ1v) is 10.6. The van der Waals surface area contributed by atoms with Crippen LogP contribution < -0.4 is 0 Å². The fourth-order valence-electron chi connectivity index (χ4n) is 3.34. The van der Waals surface area contributed by atoms with Gasteiger partial charge in [0.25, 0.3) is 0 Å². The van der Waals surface area contributed by atoms with Gasteiger partial charge < -0.3 is 4.42 Å². The number of pyridine rings is 2. The molecule has 5 aromatic rings. The Morgan fingerprint density at radius 2 is 0.968 bits per heavy atom. The summed E-state index contributed by atoms with van der Waals surface area (Å²) in [5.74, 6) is 0.488. The van der Waals surface area contributed by atoms with Crippen molar-refractivity contribution >= 4 is 57.5 Å². The molecule has 0 fully saturated rings. The molecule has 0 N–H and O–H groups in total. The second-order valence-corrected chi connectivity index (χ2v) is 8.34. The lowest BCUT2D eigenvalue weighted by Crippen LogP contribution is -1.89. The fourth-order valence-corrected chi connectivity index (χ4v) is 4.26. The Kier molecular flexibility index (Phi) is 5.32. The Balaban J connectivity index is 1.75. The molecule has 0 saturated carbocycles. The van der Waals surface area contributed by atoms with Crippen molar-refractivity contribution in [3.05, 3.63) is 87.3 Å². The van der Waals surface area contributed by atoms with Crippen LogP contribution in [0.5, 0.6) is 0 Å². The van der Waals surface area contributed by atoms with Crippen molar-refractivity contribution in [1.82, 2.24) is 15.0 Å². The molecule has 2 aromatic carbocycles. The van der Waals surface area contributed by atoms with Crippen LogP contribution >= 0.6 is 46.4 Å².